The van der Waals surface area contributed by atoms with Crippen LogP contribution in [0, 0.1) is 0 Å². The van der Waals surface area contributed by atoms with Gasteiger partial charge in [0.05, 0.1) is 31.9 Å². The van der Waals surface area contributed by atoms with Crippen molar-refractivity contribution < 1.29 is 23.8 Å². The number of pyridine rings is 1. The third-order valence-electron chi connectivity index (χ3n) is 7.99. The molecular formula is C31H32N4O5S. The van der Waals surface area contributed by atoms with E-state index in [9.17, 15) is 9.59 Å². The van der Waals surface area contributed by atoms with E-state index in [-0.39, 0.29) is 17.7 Å². The standard InChI is InChI=1S/C31H32N4O5S/c1-38-26-16-24(32-23-7-5-4-6-22(23)26)30(36)34-11-8-19(9-12-34)29-33-25(18-41-29)31(37)35-13-10-20-14-27(39-2)28(40-3)15-21(20)17-35/h4-7,14-16,18-19H,8-13,17H2,1-3H3. The van der Waals surface area contributed by atoms with E-state index < -0.39 is 0 Å². The van der Waals surface area contributed by atoms with Gasteiger partial charge in [-0.25, -0.2) is 9.97 Å². The van der Waals surface area contributed by atoms with Crippen LogP contribution in [0.15, 0.2) is 47.8 Å². The van der Waals surface area contributed by atoms with Crippen LogP contribution >= 0.6 is 11.3 Å². The second kappa shape index (κ2) is 11.4. The van der Waals surface area contributed by atoms with Crippen molar-refractivity contribution in [2.75, 3.05) is 41.0 Å². The largest absolute Gasteiger partial charge is 0.496 e. The molecule has 6 rings (SSSR count). The van der Waals surface area contributed by atoms with Crippen molar-refractivity contribution in [3.8, 4) is 17.2 Å². The number of carbonyl (C=O) groups excluding carboxylic acids is 2. The molecule has 0 bridgehead atoms. The predicted octanol–water partition coefficient (Wildman–Crippen LogP) is 4.94. The summed E-state index contributed by atoms with van der Waals surface area (Å²) >= 11 is 1.53. The summed E-state index contributed by atoms with van der Waals surface area (Å²) in [6.45, 7) is 2.35. The Labute approximate surface area is 242 Å². The van der Waals surface area contributed by atoms with Gasteiger partial charge in [-0.05, 0) is 54.7 Å². The molecule has 4 heterocycles. The van der Waals surface area contributed by atoms with E-state index in [1.54, 1.807) is 27.4 Å². The Morgan fingerprint density at radius 1 is 0.805 bits per heavy atom. The summed E-state index contributed by atoms with van der Waals surface area (Å²) in [6, 6.07) is 13.3. The minimum atomic E-state index is -0.0952. The maximum Gasteiger partial charge on any atom is 0.273 e. The van der Waals surface area contributed by atoms with Crippen LogP contribution in [-0.2, 0) is 13.0 Å². The Morgan fingerprint density at radius 2 is 1.49 bits per heavy atom. The summed E-state index contributed by atoms with van der Waals surface area (Å²) in [7, 11) is 4.85. The Bertz CT molecular complexity index is 1610. The molecule has 10 heteroatoms. The lowest BCUT2D eigenvalue weighted by Crippen LogP contribution is -2.38. The Hall–Kier alpha value is -4.18. The minimum absolute atomic E-state index is 0.0584. The average Bonchev–Trinajstić information content (AvgIpc) is 3.53. The fraction of sp³-hybridized carbons (Fsp3) is 0.355. The zero-order valence-corrected chi connectivity index (χ0v) is 24.2. The number of carbonyl (C=O) groups is 2. The van der Waals surface area contributed by atoms with E-state index >= 15 is 0 Å². The van der Waals surface area contributed by atoms with Crippen molar-refractivity contribution in [2.24, 2.45) is 0 Å². The van der Waals surface area contributed by atoms with Gasteiger partial charge in [0.15, 0.2) is 11.5 Å². The molecule has 4 aromatic rings. The van der Waals surface area contributed by atoms with Gasteiger partial charge >= 0.3 is 0 Å². The van der Waals surface area contributed by atoms with Crippen LogP contribution in [0.5, 0.6) is 17.2 Å². The number of ether oxygens (including phenoxy) is 3. The number of piperidine rings is 1. The topological polar surface area (TPSA) is 94.1 Å². The third kappa shape index (κ3) is 5.19. The van der Waals surface area contributed by atoms with Crippen LogP contribution in [-0.4, -0.2) is 72.5 Å². The van der Waals surface area contributed by atoms with Crippen LogP contribution in [0.1, 0.15) is 55.9 Å². The van der Waals surface area contributed by atoms with Gasteiger partial charge < -0.3 is 24.0 Å². The molecule has 1 saturated heterocycles. The number of nitrogens with zero attached hydrogens (tertiary/aromatic N) is 4. The number of aromatic nitrogens is 2. The normalized spacial score (nSPS) is 15.5. The van der Waals surface area contributed by atoms with Crippen molar-refractivity contribution in [2.45, 2.75) is 31.7 Å². The fourth-order valence-electron chi connectivity index (χ4n) is 5.71. The first-order valence-corrected chi connectivity index (χ1v) is 14.6. The average molecular weight is 573 g/mol. The Kier molecular flexibility index (Phi) is 7.49. The number of methoxy groups -OCH3 is 3. The minimum Gasteiger partial charge on any atom is -0.496 e. The molecule has 41 heavy (non-hydrogen) atoms. The molecule has 0 unspecified atom stereocenters. The first-order valence-electron chi connectivity index (χ1n) is 13.7. The molecule has 0 radical (unpaired) electrons. The van der Waals surface area contributed by atoms with Gasteiger partial charge in [0.1, 0.15) is 17.1 Å². The Morgan fingerprint density at radius 3 is 2.22 bits per heavy atom. The summed E-state index contributed by atoms with van der Waals surface area (Å²) in [5, 5.41) is 3.70. The molecule has 2 aliphatic rings. The fourth-order valence-corrected chi connectivity index (χ4v) is 6.67. The van der Waals surface area contributed by atoms with E-state index in [4.69, 9.17) is 19.2 Å². The van der Waals surface area contributed by atoms with E-state index in [0.717, 1.165) is 40.7 Å². The van der Waals surface area contributed by atoms with Crippen molar-refractivity contribution in [1.29, 1.82) is 0 Å². The van der Waals surface area contributed by atoms with Gasteiger partial charge in [-0.1, -0.05) is 12.1 Å². The highest BCUT2D eigenvalue weighted by atomic mass is 32.1. The molecule has 2 aromatic heterocycles. The number of rotatable bonds is 6. The van der Waals surface area contributed by atoms with Crippen LogP contribution in [0.4, 0.5) is 0 Å². The van der Waals surface area contributed by atoms with Gasteiger partial charge in [0, 0.05) is 48.9 Å². The quantitative estimate of drug-likeness (QED) is 0.323. The van der Waals surface area contributed by atoms with Crippen LogP contribution < -0.4 is 14.2 Å². The molecule has 9 nitrogen and oxygen atoms in total. The van der Waals surface area contributed by atoms with Crippen molar-refractivity contribution in [3.63, 3.8) is 0 Å². The highest BCUT2D eigenvalue weighted by Crippen LogP contribution is 2.35. The lowest BCUT2D eigenvalue weighted by molar-refractivity contribution is 0.0706. The van der Waals surface area contributed by atoms with Gasteiger partial charge in [-0.15, -0.1) is 11.3 Å². The third-order valence-corrected chi connectivity index (χ3v) is 9.00. The molecule has 2 amide bonds. The monoisotopic (exact) mass is 572 g/mol. The number of amides is 2. The van der Waals surface area contributed by atoms with Gasteiger partial charge in [0.25, 0.3) is 11.8 Å². The molecule has 0 atom stereocenters. The van der Waals surface area contributed by atoms with Gasteiger partial charge in [-0.2, -0.15) is 0 Å². The van der Waals surface area contributed by atoms with E-state index in [0.29, 0.717) is 54.8 Å². The maximum atomic E-state index is 13.4. The molecule has 0 N–H and O–H groups in total. The SMILES string of the molecule is COc1cc2c(cc1OC)CN(C(=O)c1csc(C3CCN(C(=O)c4cc(OC)c5ccccc5n4)CC3)n1)CC2. The lowest BCUT2D eigenvalue weighted by Gasteiger charge is -2.31. The summed E-state index contributed by atoms with van der Waals surface area (Å²) in [4.78, 5) is 39.7. The molecule has 0 spiro atoms. The first kappa shape index (κ1) is 27.0. The molecule has 212 valence electrons. The van der Waals surface area contributed by atoms with Crippen LogP contribution in [0.25, 0.3) is 10.9 Å². The molecule has 0 saturated carbocycles. The van der Waals surface area contributed by atoms with E-state index in [2.05, 4.69) is 4.98 Å². The first-order chi connectivity index (χ1) is 20.0. The molecule has 2 aromatic carbocycles. The predicted molar refractivity (Wildman–Crippen MR) is 156 cm³/mol. The zero-order valence-electron chi connectivity index (χ0n) is 23.4. The van der Waals surface area contributed by atoms with E-state index in [1.807, 2.05) is 51.6 Å². The van der Waals surface area contributed by atoms with Crippen LogP contribution in [0.3, 0.4) is 0 Å². The molecule has 1 fully saturated rings. The smallest absolute Gasteiger partial charge is 0.273 e. The lowest BCUT2D eigenvalue weighted by atomic mass is 9.97. The summed E-state index contributed by atoms with van der Waals surface area (Å²) in [5.74, 6) is 2.07. The number of thiazole rings is 1. The van der Waals surface area contributed by atoms with Crippen LogP contribution in [0.2, 0.25) is 0 Å². The zero-order chi connectivity index (χ0) is 28.5. The number of hydrogen-bond acceptors (Lipinski definition) is 8. The Balaban J connectivity index is 1.10. The molecular weight excluding hydrogens is 540 g/mol. The highest BCUT2D eigenvalue weighted by Gasteiger charge is 2.30. The number of fused-ring (bicyclic) bond motifs is 2. The number of hydrogen-bond donors (Lipinski definition) is 0. The van der Waals surface area contributed by atoms with Crippen molar-refractivity contribution in [1.82, 2.24) is 19.8 Å². The molecule has 0 aliphatic carbocycles. The second-order valence-corrected chi connectivity index (χ2v) is 11.2. The second-order valence-electron chi connectivity index (χ2n) is 10.3. The molecule has 2 aliphatic heterocycles. The van der Waals surface area contributed by atoms with Crippen molar-refractivity contribution in [3.05, 3.63) is 75.4 Å². The number of para-hydroxylation sites is 1. The van der Waals surface area contributed by atoms with Gasteiger partial charge in [-0.3, -0.25) is 9.59 Å². The number of likely N-dealkylation sites (tertiary alicyclic amines) is 1. The summed E-state index contributed by atoms with van der Waals surface area (Å²) in [5.41, 5.74) is 3.85. The summed E-state index contributed by atoms with van der Waals surface area (Å²) < 4.78 is 16.4. The maximum absolute atomic E-state index is 13.4. The summed E-state index contributed by atoms with van der Waals surface area (Å²) in [6.07, 6.45) is 2.33. The van der Waals surface area contributed by atoms with Gasteiger partial charge in [0.2, 0.25) is 0 Å². The number of benzene rings is 2. The van der Waals surface area contributed by atoms with E-state index in [1.165, 1.54) is 16.9 Å². The van der Waals surface area contributed by atoms with Crippen molar-refractivity contribution >= 4 is 34.1 Å². The highest BCUT2D eigenvalue weighted by molar-refractivity contribution is 7.09.